The highest BCUT2D eigenvalue weighted by molar-refractivity contribution is 5.69. The molecule has 0 unspecified atom stereocenters. The summed E-state index contributed by atoms with van der Waals surface area (Å²) in [5, 5.41) is 0. The van der Waals surface area contributed by atoms with E-state index in [-0.39, 0.29) is 0 Å². The Hall–Kier alpha value is -1.18. The first-order valence-electron chi connectivity index (χ1n) is 10.9. The summed E-state index contributed by atoms with van der Waals surface area (Å²) >= 11 is 0. The van der Waals surface area contributed by atoms with Crippen LogP contribution in [0.25, 0.3) is 0 Å². The van der Waals surface area contributed by atoms with E-state index in [0.717, 1.165) is 17.8 Å². The molecule has 2 fully saturated rings. The molecule has 0 atom stereocenters. The lowest BCUT2D eigenvalue weighted by atomic mass is 9.86. The van der Waals surface area contributed by atoms with Gasteiger partial charge in [0.15, 0.2) is 0 Å². The van der Waals surface area contributed by atoms with Gasteiger partial charge in [0.25, 0.3) is 0 Å². The summed E-state index contributed by atoms with van der Waals surface area (Å²) in [7, 11) is 0. The van der Waals surface area contributed by atoms with E-state index in [2.05, 4.69) is 30.9 Å². The van der Waals surface area contributed by atoms with Crippen LogP contribution in [0.1, 0.15) is 95.1 Å². The maximum absolute atomic E-state index is 6.39. The summed E-state index contributed by atoms with van der Waals surface area (Å²) < 4.78 is 0. The van der Waals surface area contributed by atoms with Crippen molar-refractivity contribution in [2.45, 2.75) is 109 Å². The zero-order valence-corrected chi connectivity index (χ0v) is 16.5. The summed E-state index contributed by atoms with van der Waals surface area (Å²) in [6.07, 6.45) is 17.7. The lowest BCUT2D eigenvalue weighted by molar-refractivity contribution is 0.339. The van der Waals surface area contributed by atoms with Gasteiger partial charge in [-0.3, -0.25) is 0 Å². The molecule has 2 heteroatoms. The van der Waals surface area contributed by atoms with Gasteiger partial charge in [0.05, 0.1) is 0 Å². The Bertz CT molecular complexity index is 521. The average molecular weight is 343 g/mol. The SMILES string of the molecule is CCCCc1ccc(N)c(C)c1N(C1CCCCC1)C1CCCCC1. The molecule has 3 rings (SSSR count). The number of nitrogens with zero attached hydrogens (tertiary/aromatic N) is 1. The number of unbranched alkanes of at least 4 members (excludes halogenated alkanes) is 1. The van der Waals surface area contributed by atoms with Crippen LogP contribution in [-0.2, 0) is 6.42 Å². The molecule has 1 aromatic rings. The highest BCUT2D eigenvalue weighted by Gasteiger charge is 2.31. The fourth-order valence-corrected chi connectivity index (χ4v) is 5.08. The molecule has 25 heavy (non-hydrogen) atoms. The molecule has 0 radical (unpaired) electrons. The van der Waals surface area contributed by atoms with E-state index in [1.54, 1.807) is 5.56 Å². The molecule has 2 aliphatic rings. The van der Waals surface area contributed by atoms with Crippen LogP contribution in [-0.4, -0.2) is 12.1 Å². The molecule has 0 aromatic heterocycles. The van der Waals surface area contributed by atoms with Crippen LogP contribution >= 0.6 is 0 Å². The Balaban J connectivity index is 1.99. The second-order valence-electron chi connectivity index (χ2n) is 8.38. The standard InChI is InChI=1S/C23H38N2/c1-3-4-11-19-16-17-22(24)18(2)23(19)25(20-12-7-5-8-13-20)21-14-9-6-10-15-21/h16-17,20-21H,3-15,24H2,1-2H3. The lowest BCUT2D eigenvalue weighted by Crippen LogP contribution is -2.46. The highest BCUT2D eigenvalue weighted by Crippen LogP contribution is 2.39. The summed E-state index contributed by atoms with van der Waals surface area (Å²) in [6, 6.07) is 5.94. The summed E-state index contributed by atoms with van der Waals surface area (Å²) in [6.45, 7) is 4.56. The van der Waals surface area contributed by atoms with Gasteiger partial charge in [-0.15, -0.1) is 0 Å². The number of nitrogen functional groups attached to an aromatic ring is 1. The molecule has 1 aromatic carbocycles. The predicted octanol–water partition coefficient (Wildman–Crippen LogP) is 6.39. The van der Waals surface area contributed by atoms with E-state index < -0.39 is 0 Å². The molecule has 2 N–H and O–H groups in total. The Labute approximate surface area is 155 Å². The van der Waals surface area contributed by atoms with Gasteiger partial charge in [0.1, 0.15) is 0 Å². The molecule has 0 spiro atoms. The molecule has 2 saturated carbocycles. The molecule has 140 valence electrons. The molecular formula is C23H38N2. The summed E-state index contributed by atoms with van der Waals surface area (Å²) in [5.41, 5.74) is 11.8. The maximum Gasteiger partial charge on any atom is 0.0454 e. The van der Waals surface area contributed by atoms with Gasteiger partial charge < -0.3 is 10.6 Å². The van der Waals surface area contributed by atoms with E-state index in [1.807, 2.05) is 0 Å². The lowest BCUT2D eigenvalue weighted by Gasteiger charge is -2.45. The predicted molar refractivity (Wildman–Crippen MR) is 110 cm³/mol. The van der Waals surface area contributed by atoms with Gasteiger partial charge >= 0.3 is 0 Å². The Morgan fingerprint density at radius 2 is 1.48 bits per heavy atom. The van der Waals surface area contributed by atoms with E-state index >= 15 is 0 Å². The van der Waals surface area contributed by atoms with Crippen LogP contribution < -0.4 is 10.6 Å². The number of rotatable bonds is 6. The van der Waals surface area contributed by atoms with Crippen molar-refractivity contribution < 1.29 is 0 Å². The Morgan fingerprint density at radius 1 is 0.920 bits per heavy atom. The minimum atomic E-state index is 0.734. The first-order valence-corrected chi connectivity index (χ1v) is 10.9. The van der Waals surface area contributed by atoms with Crippen molar-refractivity contribution in [3.05, 3.63) is 23.3 Å². The fourth-order valence-electron chi connectivity index (χ4n) is 5.08. The molecule has 0 aliphatic heterocycles. The third-order valence-electron chi connectivity index (χ3n) is 6.55. The van der Waals surface area contributed by atoms with Crippen molar-refractivity contribution >= 4 is 11.4 Å². The van der Waals surface area contributed by atoms with E-state index in [4.69, 9.17) is 5.73 Å². The van der Waals surface area contributed by atoms with Crippen molar-refractivity contribution in [1.29, 1.82) is 0 Å². The van der Waals surface area contributed by atoms with Crippen molar-refractivity contribution in [2.24, 2.45) is 0 Å². The maximum atomic E-state index is 6.39. The highest BCUT2D eigenvalue weighted by atomic mass is 15.2. The van der Waals surface area contributed by atoms with Crippen LogP contribution in [0.5, 0.6) is 0 Å². The molecule has 2 nitrogen and oxygen atoms in total. The minimum absolute atomic E-state index is 0.734. The fraction of sp³-hybridized carbons (Fsp3) is 0.739. The number of nitrogens with two attached hydrogens (primary N) is 1. The Morgan fingerprint density at radius 3 is 2.00 bits per heavy atom. The molecule has 0 bridgehead atoms. The largest absolute Gasteiger partial charge is 0.398 e. The van der Waals surface area contributed by atoms with Gasteiger partial charge in [-0.2, -0.15) is 0 Å². The van der Waals surface area contributed by atoms with Gasteiger partial charge in [-0.1, -0.05) is 57.9 Å². The second kappa shape index (κ2) is 8.96. The van der Waals surface area contributed by atoms with Crippen LogP contribution in [0.3, 0.4) is 0 Å². The van der Waals surface area contributed by atoms with E-state index in [0.29, 0.717) is 0 Å². The molecule has 2 aliphatic carbocycles. The topological polar surface area (TPSA) is 29.3 Å². The molecule has 0 amide bonds. The van der Waals surface area contributed by atoms with E-state index in [1.165, 1.54) is 94.7 Å². The van der Waals surface area contributed by atoms with E-state index in [9.17, 15) is 0 Å². The summed E-state index contributed by atoms with van der Waals surface area (Å²) in [5.74, 6) is 0. The first-order chi connectivity index (χ1) is 12.2. The van der Waals surface area contributed by atoms with Gasteiger partial charge in [0, 0.05) is 23.5 Å². The molecular weight excluding hydrogens is 304 g/mol. The number of hydrogen-bond donors (Lipinski definition) is 1. The minimum Gasteiger partial charge on any atom is -0.398 e. The number of aryl methyl sites for hydroxylation is 1. The van der Waals surface area contributed by atoms with Crippen molar-refractivity contribution in [1.82, 2.24) is 0 Å². The zero-order valence-electron chi connectivity index (χ0n) is 16.5. The monoisotopic (exact) mass is 342 g/mol. The van der Waals surface area contributed by atoms with Crippen molar-refractivity contribution in [3.8, 4) is 0 Å². The van der Waals surface area contributed by atoms with Gasteiger partial charge in [-0.25, -0.2) is 0 Å². The van der Waals surface area contributed by atoms with Gasteiger partial charge in [-0.05, 0) is 62.6 Å². The third kappa shape index (κ3) is 4.33. The zero-order chi connectivity index (χ0) is 17.6. The molecule has 0 heterocycles. The second-order valence-corrected chi connectivity index (χ2v) is 8.38. The summed E-state index contributed by atoms with van der Waals surface area (Å²) in [4.78, 5) is 2.88. The average Bonchev–Trinajstić information content (AvgIpc) is 2.66. The number of anilines is 2. The smallest absolute Gasteiger partial charge is 0.0454 e. The van der Waals surface area contributed by atoms with Crippen molar-refractivity contribution in [2.75, 3.05) is 10.6 Å². The quantitative estimate of drug-likeness (QED) is 0.607. The van der Waals surface area contributed by atoms with Gasteiger partial charge in [0.2, 0.25) is 0 Å². The normalized spacial score (nSPS) is 19.9. The van der Waals surface area contributed by atoms with Crippen molar-refractivity contribution in [3.63, 3.8) is 0 Å². The Kier molecular flexibility index (Phi) is 6.67. The van der Waals surface area contributed by atoms with Crippen LogP contribution in [0, 0.1) is 6.92 Å². The first kappa shape index (κ1) is 18.6. The van der Waals surface area contributed by atoms with Crippen LogP contribution in [0.4, 0.5) is 11.4 Å². The molecule has 0 saturated heterocycles. The number of hydrogen-bond acceptors (Lipinski definition) is 2. The van der Waals surface area contributed by atoms with Crippen LogP contribution in [0.2, 0.25) is 0 Å². The third-order valence-corrected chi connectivity index (χ3v) is 6.55. The number of benzene rings is 1. The van der Waals surface area contributed by atoms with Crippen LogP contribution in [0.15, 0.2) is 12.1 Å².